The maximum absolute atomic E-state index is 13.1. The Balaban J connectivity index is 2.28. The number of halogens is 2. The monoisotopic (exact) mass is 507 g/mol. The number of esters is 2. The molecule has 3 rings (SSSR count). The van der Waals surface area contributed by atoms with Crippen molar-refractivity contribution in [3.8, 4) is 0 Å². The van der Waals surface area contributed by atoms with E-state index in [1.54, 1.807) is 30.6 Å². The molecule has 0 saturated carbocycles. The molecule has 0 saturated heterocycles. The Hall–Kier alpha value is -3.30. The number of carboxylic acids is 1. The third-order valence-corrected chi connectivity index (χ3v) is 6.14. The van der Waals surface area contributed by atoms with Crippen molar-refractivity contribution in [1.29, 1.82) is 0 Å². The number of aryl methyl sites for hydroxylation is 2. The molecule has 0 spiro atoms. The molecule has 1 aromatic heterocycles. The maximum Gasteiger partial charge on any atom is 0.336 e. The number of nitrogens with one attached hydrogen (secondary N) is 1. The second-order valence-corrected chi connectivity index (χ2v) is 8.30. The Morgan fingerprint density at radius 3 is 2.15 bits per heavy atom. The lowest BCUT2D eigenvalue weighted by Gasteiger charge is -2.32. The Labute approximate surface area is 206 Å². The molecular formula is C23H23Cl2N3O6. The smallest absolute Gasteiger partial charge is 0.336 e. The number of carbonyl (C=O) groups excluding carboxylic acids is 2. The summed E-state index contributed by atoms with van der Waals surface area (Å²) in [5.41, 5.74) is 0.718. The van der Waals surface area contributed by atoms with Gasteiger partial charge in [0.2, 0.25) is 0 Å². The van der Waals surface area contributed by atoms with Crippen LogP contribution in [0.4, 0.5) is 0 Å². The molecule has 0 amide bonds. The van der Waals surface area contributed by atoms with Gasteiger partial charge in [0.1, 0.15) is 5.82 Å². The van der Waals surface area contributed by atoms with Crippen LogP contribution >= 0.6 is 23.2 Å². The summed E-state index contributed by atoms with van der Waals surface area (Å²) in [6.45, 7) is 0. The summed E-state index contributed by atoms with van der Waals surface area (Å²) in [6.07, 6.45) is 3.60. The highest BCUT2D eigenvalue weighted by atomic mass is 35.5. The van der Waals surface area contributed by atoms with Crippen molar-refractivity contribution < 1.29 is 29.0 Å². The van der Waals surface area contributed by atoms with Crippen molar-refractivity contribution in [3.63, 3.8) is 0 Å². The van der Waals surface area contributed by atoms with Crippen molar-refractivity contribution in [2.45, 2.75) is 25.2 Å². The van der Waals surface area contributed by atoms with E-state index in [2.05, 4.69) is 10.3 Å². The number of ether oxygens (including phenoxy) is 2. The van der Waals surface area contributed by atoms with Crippen molar-refractivity contribution in [2.24, 2.45) is 7.05 Å². The van der Waals surface area contributed by atoms with Gasteiger partial charge in [-0.2, -0.15) is 0 Å². The fraction of sp³-hybridized carbons (Fsp3) is 0.304. The summed E-state index contributed by atoms with van der Waals surface area (Å²) < 4.78 is 11.8. The normalized spacial score (nSPS) is 15.7. The number of hydrogen-bond acceptors (Lipinski definition) is 7. The SMILES string of the molecule is COC(=O)C1=C(CCc2nccn2C)NC(CC(=O)O)=C(C(=O)OC)C1c1c(Cl)cccc1Cl. The number of carbonyl (C=O) groups is 3. The summed E-state index contributed by atoms with van der Waals surface area (Å²) in [5, 5.41) is 12.9. The van der Waals surface area contributed by atoms with E-state index in [-0.39, 0.29) is 38.9 Å². The average molecular weight is 508 g/mol. The molecule has 1 aliphatic heterocycles. The number of allylic oxidation sites excluding steroid dienone is 1. The number of methoxy groups -OCH3 is 2. The van der Waals surface area contributed by atoms with E-state index < -0.39 is 30.2 Å². The Kier molecular flexibility index (Phi) is 8.01. The third-order valence-electron chi connectivity index (χ3n) is 5.48. The molecule has 11 heteroatoms. The first-order valence-corrected chi connectivity index (χ1v) is 11.0. The van der Waals surface area contributed by atoms with Crippen LogP contribution in [-0.4, -0.2) is 46.8 Å². The molecule has 2 heterocycles. The van der Waals surface area contributed by atoms with E-state index in [0.717, 1.165) is 12.9 Å². The lowest BCUT2D eigenvalue weighted by molar-refractivity contribution is -0.137. The van der Waals surface area contributed by atoms with Gasteiger partial charge in [-0.1, -0.05) is 29.3 Å². The lowest BCUT2D eigenvalue weighted by Crippen LogP contribution is -2.35. The summed E-state index contributed by atoms with van der Waals surface area (Å²) in [5.74, 6) is -3.10. The molecular weight excluding hydrogens is 485 g/mol. The second kappa shape index (κ2) is 10.8. The Morgan fingerprint density at radius 1 is 1.06 bits per heavy atom. The zero-order valence-electron chi connectivity index (χ0n) is 18.7. The zero-order valence-corrected chi connectivity index (χ0v) is 20.2. The molecule has 34 heavy (non-hydrogen) atoms. The minimum Gasteiger partial charge on any atom is -0.481 e. The highest BCUT2D eigenvalue weighted by Gasteiger charge is 2.41. The number of dihydropyridines is 1. The van der Waals surface area contributed by atoms with Gasteiger partial charge in [0.25, 0.3) is 0 Å². The number of benzene rings is 1. The summed E-state index contributed by atoms with van der Waals surface area (Å²) in [7, 11) is 4.21. The minimum absolute atomic E-state index is 0.0721. The van der Waals surface area contributed by atoms with E-state index in [1.165, 1.54) is 7.11 Å². The van der Waals surface area contributed by atoms with Crippen LogP contribution in [0.5, 0.6) is 0 Å². The topological polar surface area (TPSA) is 120 Å². The molecule has 1 atom stereocenters. The number of aliphatic carboxylic acids is 1. The molecule has 1 aromatic carbocycles. The number of carboxylic acid groups (broad SMARTS) is 1. The van der Waals surface area contributed by atoms with E-state index in [1.807, 2.05) is 11.6 Å². The average Bonchev–Trinajstić information content (AvgIpc) is 3.20. The lowest BCUT2D eigenvalue weighted by atomic mass is 9.78. The summed E-state index contributed by atoms with van der Waals surface area (Å²) in [4.78, 5) is 42.0. The van der Waals surface area contributed by atoms with Gasteiger partial charge in [-0.15, -0.1) is 0 Å². The molecule has 2 N–H and O–H groups in total. The van der Waals surface area contributed by atoms with Crippen LogP contribution in [0, 0.1) is 0 Å². The first-order valence-electron chi connectivity index (χ1n) is 10.2. The van der Waals surface area contributed by atoms with Crippen LogP contribution in [0.3, 0.4) is 0 Å². The van der Waals surface area contributed by atoms with Crippen LogP contribution in [0.15, 0.2) is 53.1 Å². The molecule has 0 aliphatic carbocycles. The Bertz CT molecular complexity index is 1180. The van der Waals surface area contributed by atoms with Crippen LogP contribution in [-0.2, 0) is 37.3 Å². The fourth-order valence-corrected chi connectivity index (χ4v) is 4.56. The quantitative estimate of drug-likeness (QED) is 0.521. The first kappa shape index (κ1) is 25.3. The van der Waals surface area contributed by atoms with Gasteiger partial charge in [-0.3, -0.25) is 4.79 Å². The van der Waals surface area contributed by atoms with E-state index in [4.69, 9.17) is 32.7 Å². The van der Waals surface area contributed by atoms with Crippen molar-refractivity contribution in [1.82, 2.24) is 14.9 Å². The van der Waals surface area contributed by atoms with E-state index >= 15 is 0 Å². The van der Waals surface area contributed by atoms with Gasteiger partial charge in [0.05, 0.1) is 37.7 Å². The van der Waals surface area contributed by atoms with E-state index in [9.17, 15) is 19.5 Å². The molecule has 0 fully saturated rings. The van der Waals surface area contributed by atoms with Crippen LogP contribution in [0.1, 0.15) is 30.1 Å². The van der Waals surface area contributed by atoms with Gasteiger partial charge in [0, 0.05) is 52.9 Å². The highest BCUT2D eigenvalue weighted by molar-refractivity contribution is 6.36. The molecule has 0 bridgehead atoms. The standard InChI is InChI=1S/C23H23Cl2N3O6/c1-28-10-9-26-16(28)8-7-14-19(22(31)33-2)21(18-12(24)5-4-6-13(18)25)20(23(32)34-3)15(27-14)11-17(29)30/h4-6,9-10,21,27H,7-8,11H2,1-3H3,(H,29,30). The van der Waals surface area contributed by atoms with Gasteiger partial charge < -0.3 is 24.5 Å². The predicted octanol–water partition coefficient (Wildman–Crippen LogP) is 3.38. The molecule has 1 unspecified atom stereocenters. The number of imidazole rings is 1. The maximum atomic E-state index is 13.1. The third kappa shape index (κ3) is 5.10. The van der Waals surface area contributed by atoms with Gasteiger partial charge in [-0.05, 0) is 18.6 Å². The number of hydrogen-bond donors (Lipinski definition) is 2. The molecule has 180 valence electrons. The fourth-order valence-electron chi connectivity index (χ4n) is 3.95. The number of nitrogens with zero attached hydrogens (tertiary/aromatic N) is 2. The van der Waals surface area contributed by atoms with Crippen LogP contribution < -0.4 is 5.32 Å². The van der Waals surface area contributed by atoms with Crippen LogP contribution in [0.25, 0.3) is 0 Å². The summed E-state index contributed by atoms with van der Waals surface area (Å²) in [6, 6.07) is 4.76. The Morgan fingerprint density at radius 2 is 1.65 bits per heavy atom. The highest BCUT2D eigenvalue weighted by Crippen LogP contribution is 2.45. The van der Waals surface area contributed by atoms with E-state index in [0.29, 0.717) is 12.1 Å². The summed E-state index contributed by atoms with van der Waals surface area (Å²) >= 11 is 13.0. The molecule has 1 aliphatic rings. The molecule has 0 radical (unpaired) electrons. The molecule has 2 aromatic rings. The number of aromatic nitrogens is 2. The number of rotatable bonds is 8. The predicted molar refractivity (Wildman–Crippen MR) is 124 cm³/mol. The molecule has 9 nitrogen and oxygen atoms in total. The van der Waals surface area contributed by atoms with Gasteiger partial charge in [0.15, 0.2) is 0 Å². The van der Waals surface area contributed by atoms with Crippen molar-refractivity contribution in [2.75, 3.05) is 14.2 Å². The largest absolute Gasteiger partial charge is 0.481 e. The second-order valence-electron chi connectivity index (χ2n) is 7.49. The van der Waals surface area contributed by atoms with Gasteiger partial charge in [-0.25, -0.2) is 14.6 Å². The van der Waals surface area contributed by atoms with Gasteiger partial charge >= 0.3 is 17.9 Å². The minimum atomic E-state index is -1.18. The van der Waals surface area contributed by atoms with Crippen molar-refractivity contribution >= 4 is 41.1 Å². The zero-order chi connectivity index (χ0) is 25.0. The first-order chi connectivity index (χ1) is 16.2. The van der Waals surface area contributed by atoms with Crippen LogP contribution in [0.2, 0.25) is 10.0 Å². The van der Waals surface area contributed by atoms with Crippen molar-refractivity contribution in [3.05, 3.63) is 74.6 Å².